The van der Waals surface area contributed by atoms with Crippen molar-refractivity contribution >= 4 is 23.2 Å². The van der Waals surface area contributed by atoms with Gasteiger partial charge in [0, 0.05) is 22.0 Å². The van der Waals surface area contributed by atoms with Gasteiger partial charge >= 0.3 is 0 Å². The van der Waals surface area contributed by atoms with Crippen LogP contribution in [0.3, 0.4) is 0 Å². The molecule has 0 amide bonds. The molecule has 2 atom stereocenters. The summed E-state index contributed by atoms with van der Waals surface area (Å²) in [5.74, 6) is 1.36. The molecule has 0 radical (unpaired) electrons. The number of nitrogens with one attached hydrogen (secondary N) is 1. The number of rotatable bonds is 6. The van der Waals surface area contributed by atoms with Crippen LogP contribution in [0.5, 0.6) is 0 Å². The van der Waals surface area contributed by atoms with E-state index in [0.717, 1.165) is 28.7 Å². The molecule has 2 rings (SSSR count). The summed E-state index contributed by atoms with van der Waals surface area (Å²) < 4.78 is 0. The lowest BCUT2D eigenvalue weighted by Crippen LogP contribution is -2.31. The number of hydrogen-bond acceptors (Lipinski definition) is 1. The van der Waals surface area contributed by atoms with E-state index in [1.54, 1.807) is 0 Å². The van der Waals surface area contributed by atoms with Crippen molar-refractivity contribution in [1.82, 2.24) is 5.32 Å². The molecule has 0 aliphatic heterocycles. The molecule has 0 saturated heterocycles. The maximum atomic E-state index is 6.41. The van der Waals surface area contributed by atoms with Crippen molar-refractivity contribution in [3.63, 3.8) is 0 Å². The zero-order chi connectivity index (χ0) is 14.0. The van der Waals surface area contributed by atoms with E-state index in [0.29, 0.717) is 11.8 Å². The smallest absolute Gasteiger partial charge is 0.0459 e. The normalized spacial score (nSPS) is 25.9. The van der Waals surface area contributed by atoms with Gasteiger partial charge in [-0.2, -0.15) is 0 Å². The second kappa shape index (κ2) is 6.03. The van der Waals surface area contributed by atoms with Gasteiger partial charge in [-0.1, -0.05) is 56.5 Å². The van der Waals surface area contributed by atoms with Gasteiger partial charge in [0.15, 0.2) is 0 Å². The quantitative estimate of drug-likeness (QED) is 0.787. The van der Waals surface area contributed by atoms with E-state index in [-0.39, 0.29) is 5.41 Å². The summed E-state index contributed by atoms with van der Waals surface area (Å²) >= 11 is 12.8. The highest BCUT2D eigenvalue weighted by atomic mass is 35.5. The predicted molar refractivity (Wildman–Crippen MR) is 84.2 cm³/mol. The zero-order valence-corrected chi connectivity index (χ0v) is 13.5. The van der Waals surface area contributed by atoms with Crippen LogP contribution in [-0.2, 0) is 5.41 Å². The minimum Gasteiger partial charge on any atom is -0.316 e. The van der Waals surface area contributed by atoms with Gasteiger partial charge in [-0.05, 0) is 42.5 Å². The summed E-state index contributed by atoms with van der Waals surface area (Å²) in [7, 11) is 0. The van der Waals surface area contributed by atoms with E-state index in [2.05, 4.69) is 26.1 Å². The highest BCUT2D eigenvalue weighted by molar-refractivity contribution is 6.36. The van der Waals surface area contributed by atoms with Crippen molar-refractivity contribution in [2.45, 2.75) is 39.0 Å². The lowest BCUT2D eigenvalue weighted by Gasteiger charge is -2.22. The fourth-order valence-electron chi connectivity index (χ4n) is 3.08. The van der Waals surface area contributed by atoms with E-state index in [1.165, 1.54) is 12.8 Å². The first-order chi connectivity index (χ1) is 9.01. The van der Waals surface area contributed by atoms with E-state index in [4.69, 9.17) is 23.2 Å². The average molecular weight is 300 g/mol. The van der Waals surface area contributed by atoms with E-state index < -0.39 is 0 Å². The second-order valence-electron chi connectivity index (χ2n) is 6.09. The topological polar surface area (TPSA) is 12.0 Å². The standard InChI is InChI=1S/C16H23Cl2N/c1-4-12-8-16(12,10-19-9-11(2)3)15-13(17)6-5-7-14(15)18/h5-7,11-12,19H,4,8-10H2,1-3H3. The summed E-state index contributed by atoms with van der Waals surface area (Å²) in [5.41, 5.74) is 1.31. The van der Waals surface area contributed by atoms with Gasteiger partial charge in [0.05, 0.1) is 0 Å². The van der Waals surface area contributed by atoms with Crippen LogP contribution in [-0.4, -0.2) is 13.1 Å². The van der Waals surface area contributed by atoms with Gasteiger partial charge in [-0.15, -0.1) is 0 Å². The zero-order valence-electron chi connectivity index (χ0n) is 12.0. The molecule has 106 valence electrons. The average Bonchev–Trinajstić information content (AvgIpc) is 3.03. The summed E-state index contributed by atoms with van der Waals surface area (Å²) in [6, 6.07) is 5.84. The minimum atomic E-state index is 0.152. The van der Waals surface area contributed by atoms with Gasteiger partial charge in [0.2, 0.25) is 0 Å². The predicted octanol–water partition coefficient (Wildman–Crippen LogP) is 4.91. The monoisotopic (exact) mass is 299 g/mol. The lowest BCUT2D eigenvalue weighted by molar-refractivity contribution is 0.483. The molecular formula is C16H23Cl2N. The van der Waals surface area contributed by atoms with E-state index in [1.807, 2.05) is 18.2 Å². The minimum absolute atomic E-state index is 0.152. The van der Waals surface area contributed by atoms with Crippen LogP contribution in [0, 0.1) is 11.8 Å². The SMILES string of the molecule is CCC1CC1(CNCC(C)C)c1c(Cl)cccc1Cl. The largest absolute Gasteiger partial charge is 0.316 e. The maximum absolute atomic E-state index is 6.41. The maximum Gasteiger partial charge on any atom is 0.0459 e. The number of hydrogen-bond donors (Lipinski definition) is 1. The van der Waals surface area contributed by atoms with Crippen molar-refractivity contribution < 1.29 is 0 Å². The Hall–Kier alpha value is -0.240. The van der Waals surface area contributed by atoms with E-state index in [9.17, 15) is 0 Å². The van der Waals surface area contributed by atoms with Crippen molar-refractivity contribution in [3.05, 3.63) is 33.8 Å². The third kappa shape index (κ3) is 3.09. The van der Waals surface area contributed by atoms with Gasteiger partial charge in [0.1, 0.15) is 0 Å². The molecule has 2 unspecified atom stereocenters. The molecule has 1 aromatic rings. The summed E-state index contributed by atoms with van der Waals surface area (Å²) in [6.45, 7) is 8.73. The molecule has 1 aliphatic rings. The first-order valence-corrected chi connectivity index (χ1v) is 7.92. The Morgan fingerprint density at radius 2 is 1.95 bits per heavy atom. The van der Waals surface area contributed by atoms with Crippen LogP contribution in [0.2, 0.25) is 10.0 Å². The molecule has 1 saturated carbocycles. The van der Waals surface area contributed by atoms with Crippen LogP contribution in [0.15, 0.2) is 18.2 Å². The molecule has 1 nitrogen and oxygen atoms in total. The molecule has 1 aromatic carbocycles. The van der Waals surface area contributed by atoms with Crippen LogP contribution in [0.4, 0.5) is 0 Å². The van der Waals surface area contributed by atoms with Gasteiger partial charge in [-0.25, -0.2) is 0 Å². The summed E-state index contributed by atoms with van der Waals surface area (Å²) in [6.07, 6.45) is 2.38. The Bertz CT molecular complexity index is 424. The highest BCUT2D eigenvalue weighted by Gasteiger charge is 2.55. The molecular weight excluding hydrogens is 277 g/mol. The Kier molecular flexibility index (Phi) is 4.81. The highest BCUT2D eigenvalue weighted by Crippen LogP contribution is 2.58. The van der Waals surface area contributed by atoms with Crippen LogP contribution in [0.1, 0.15) is 39.2 Å². The lowest BCUT2D eigenvalue weighted by atomic mass is 9.91. The third-order valence-corrected chi connectivity index (χ3v) is 4.81. The second-order valence-corrected chi connectivity index (χ2v) is 6.90. The molecule has 1 N–H and O–H groups in total. The van der Waals surface area contributed by atoms with Crippen LogP contribution >= 0.6 is 23.2 Å². The molecule has 0 heterocycles. The molecule has 1 aliphatic carbocycles. The summed E-state index contributed by atoms with van der Waals surface area (Å²) in [4.78, 5) is 0. The van der Waals surface area contributed by atoms with Crippen molar-refractivity contribution in [3.8, 4) is 0 Å². The van der Waals surface area contributed by atoms with E-state index >= 15 is 0 Å². The fourth-order valence-corrected chi connectivity index (χ4v) is 3.86. The molecule has 1 fully saturated rings. The molecule has 0 spiro atoms. The Labute approximate surface area is 126 Å². The fraction of sp³-hybridized carbons (Fsp3) is 0.625. The van der Waals surface area contributed by atoms with Crippen molar-refractivity contribution in [2.24, 2.45) is 11.8 Å². The van der Waals surface area contributed by atoms with Crippen LogP contribution < -0.4 is 5.32 Å². The Morgan fingerprint density at radius 3 is 2.42 bits per heavy atom. The molecule has 19 heavy (non-hydrogen) atoms. The number of halogens is 2. The van der Waals surface area contributed by atoms with Crippen molar-refractivity contribution in [1.29, 1.82) is 0 Å². The van der Waals surface area contributed by atoms with Crippen molar-refractivity contribution in [2.75, 3.05) is 13.1 Å². The first kappa shape index (κ1) is 15.2. The van der Waals surface area contributed by atoms with Gasteiger partial charge < -0.3 is 5.32 Å². The Balaban J connectivity index is 2.21. The Morgan fingerprint density at radius 1 is 1.32 bits per heavy atom. The molecule has 3 heteroatoms. The van der Waals surface area contributed by atoms with Gasteiger partial charge in [0.25, 0.3) is 0 Å². The summed E-state index contributed by atoms with van der Waals surface area (Å²) in [5, 5.41) is 5.22. The van der Waals surface area contributed by atoms with Crippen LogP contribution in [0.25, 0.3) is 0 Å². The first-order valence-electron chi connectivity index (χ1n) is 7.16. The molecule has 0 bridgehead atoms. The number of benzene rings is 1. The third-order valence-electron chi connectivity index (χ3n) is 4.18. The van der Waals surface area contributed by atoms with Gasteiger partial charge in [-0.3, -0.25) is 0 Å². The molecule has 0 aromatic heterocycles.